The summed E-state index contributed by atoms with van der Waals surface area (Å²) in [5, 5.41) is 3.41. The Hall–Kier alpha value is -4.65. The summed E-state index contributed by atoms with van der Waals surface area (Å²) in [6, 6.07) is 7.76. The summed E-state index contributed by atoms with van der Waals surface area (Å²) in [6.45, 7) is 22.3. The smallest absolute Gasteiger partial charge is 0.425 e. The molecule has 4 rings (SSSR count). The topological polar surface area (TPSA) is 219 Å². The van der Waals surface area contributed by atoms with E-state index in [9.17, 15) is 24.7 Å². The summed E-state index contributed by atoms with van der Waals surface area (Å²) in [5.74, 6) is -1.84. The fourth-order valence-electron chi connectivity index (χ4n) is 5.91. The van der Waals surface area contributed by atoms with E-state index in [1.807, 2.05) is 33.9 Å². The highest BCUT2D eigenvalue weighted by molar-refractivity contribution is 6.74. The van der Waals surface area contributed by atoms with Gasteiger partial charge < -0.3 is 28.1 Å². The van der Waals surface area contributed by atoms with E-state index in [-0.39, 0.29) is 40.3 Å². The second-order valence-electron chi connectivity index (χ2n) is 17.6. The Morgan fingerprint density at radius 1 is 0.983 bits per heavy atom. The number of hydrogen-bond acceptors (Lipinski definition) is 14. The van der Waals surface area contributed by atoms with Gasteiger partial charge in [-0.2, -0.15) is 14.9 Å². The first-order chi connectivity index (χ1) is 27.2. The summed E-state index contributed by atoms with van der Waals surface area (Å²) in [6.07, 6.45) is -4.37. The predicted octanol–water partition coefficient (Wildman–Crippen LogP) is 8.27. The van der Waals surface area contributed by atoms with Crippen molar-refractivity contribution in [1.29, 1.82) is 0 Å². The second-order valence-corrected chi connectivity index (χ2v) is 22.7. The fourth-order valence-corrected chi connectivity index (χ4v) is 7.36. The molecule has 1 aromatic carbocycles. The number of esters is 1. The minimum Gasteiger partial charge on any atom is -0.463 e. The van der Waals surface area contributed by atoms with Crippen molar-refractivity contribution in [2.45, 2.75) is 142 Å². The number of amides is 2. The quantitative estimate of drug-likeness (QED) is 0.0231. The molecule has 322 valence electrons. The minimum atomic E-state index is -2.72. The molecule has 0 N–H and O–H groups in total. The Balaban J connectivity index is 1.90. The number of ketones is 1. The van der Waals surface area contributed by atoms with E-state index in [0.717, 1.165) is 0 Å². The molecule has 1 aliphatic heterocycles. The molecular formula is C39H55ClN8O10Si. The SMILES string of the molecule is CCOC(=O)C(Cc1ccccc1)(OC[C@H]1O[C@@H](n2cnc3c(N(C(=O)OC(C)(C)C)C(=O)OC(C)(C)C)nc(Cl)nc32)[C@H](O[Si](C)(C)C(C)(C)C)[C@H]1N=[N+]=[N-])C(C)=O. The summed E-state index contributed by atoms with van der Waals surface area (Å²) in [4.78, 5) is 71.3. The third-order valence-electron chi connectivity index (χ3n) is 9.71. The lowest BCUT2D eigenvalue weighted by atomic mass is 9.90. The van der Waals surface area contributed by atoms with Crippen LogP contribution in [-0.2, 0) is 44.1 Å². The number of azide groups is 1. The zero-order valence-electron chi connectivity index (χ0n) is 35.9. The number of carbonyl (C=O) groups is 4. The van der Waals surface area contributed by atoms with Crippen molar-refractivity contribution in [3.05, 3.63) is 57.9 Å². The van der Waals surface area contributed by atoms with Gasteiger partial charge in [-0.25, -0.2) is 19.4 Å². The fraction of sp³-hybridized carbons (Fsp3) is 0.615. The number of anilines is 1. The summed E-state index contributed by atoms with van der Waals surface area (Å²) in [7, 11) is -2.72. The number of Topliss-reactive ketones (excluding diaryl/α,β-unsaturated/α-hetero) is 1. The van der Waals surface area contributed by atoms with Gasteiger partial charge in [-0.05, 0) is 96.2 Å². The van der Waals surface area contributed by atoms with Gasteiger partial charge in [0.1, 0.15) is 17.3 Å². The summed E-state index contributed by atoms with van der Waals surface area (Å²) < 4.78 is 37.9. The van der Waals surface area contributed by atoms with Crippen LogP contribution in [0.2, 0.25) is 23.4 Å². The molecule has 20 heteroatoms. The number of aromatic nitrogens is 4. The Labute approximate surface area is 349 Å². The second kappa shape index (κ2) is 17.9. The molecule has 5 atom stereocenters. The number of carbonyl (C=O) groups excluding carboxylic acids is 4. The highest BCUT2D eigenvalue weighted by Crippen LogP contribution is 2.44. The molecule has 1 fully saturated rings. The van der Waals surface area contributed by atoms with Gasteiger partial charge in [0.25, 0.3) is 0 Å². The maximum absolute atomic E-state index is 13.7. The van der Waals surface area contributed by atoms with Crippen molar-refractivity contribution in [3.63, 3.8) is 0 Å². The lowest BCUT2D eigenvalue weighted by Crippen LogP contribution is -2.53. The number of hydrogen-bond donors (Lipinski definition) is 0. The maximum atomic E-state index is 13.7. The molecule has 0 aliphatic carbocycles. The van der Waals surface area contributed by atoms with Gasteiger partial charge in [0.15, 0.2) is 37.3 Å². The largest absolute Gasteiger partial charge is 0.463 e. The molecule has 18 nitrogen and oxygen atoms in total. The zero-order valence-corrected chi connectivity index (χ0v) is 37.7. The van der Waals surface area contributed by atoms with Gasteiger partial charge in [-0.15, -0.1) is 0 Å². The van der Waals surface area contributed by atoms with Gasteiger partial charge in [-0.1, -0.05) is 56.2 Å². The van der Waals surface area contributed by atoms with Crippen LogP contribution in [0.5, 0.6) is 0 Å². The third kappa shape index (κ3) is 10.9. The number of benzene rings is 1. The van der Waals surface area contributed by atoms with Gasteiger partial charge >= 0.3 is 18.2 Å². The summed E-state index contributed by atoms with van der Waals surface area (Å²) >= 11 is 6.52. The van der Waals surface area contributed by atoms with Gasteiger partial charge in [0.2, 0.25) is 10.9 Å². The molecule has 0 spiro atoms. The molecule has 2 amide bonds. The first-order valence-corrected chi connectivity index (χ1v) is 22.4. The molecule has 3 aromatic rings. The Morgan fingerprint density at radius 2 is 1.58 bits per heavy atom. The number of rotatable bonds is 13. The van der Waals surface area contributed by atoms with E-state index in [1.165, 1.54) is 17.8 Å². The number of nitrogens with zero attached hydrogens (tertiary/aromatic N) is 8. The van der Waals surface area contributed by atoms with E-state index < -0.39 is 80.1 Å². The van der Waals surface area contributed by atoms with E-state index in [2.05, 4.69) is 25.0 Å². The number of imidazole rings is 1. The normalized spacial score (nSPS) is 19.7. The van der Waals surface area contributed by atoms with Crippen molar-refractivity contribution in [2.24, 2.45) is 5.11 Å². The highest BCUT2D eigenvalue weighted by Gasteiger charge is 2.54. The lowest BCUT2D eigenvalue weighted by molar-refractivity contribution is -0.181. The summed E-state index contributed by atoms with van der Waals surface area (Å²) in [5.41, 5.74) is 6.35. The van der Waals surface area contributed by atoms with Gasteiger partial charge in [0, 0.05) is 11.3 Å². The first kappa shape index (κ1) is 47.0. The Bertz CT molecular complexity index is 2050. The van der Waals surface area contributed by atoms with Crippen LogP contribution in [0.25, 0.3) is 21.6 Å². The number of fused-ring (bicyclic) bond motifs is 1. The van der Waals surface area contributed by atoms with Crippen LogP contribution in [0.3, 0.4) is 0 Å². The van der Waals surface area contributed by atoms with Crippen molar-refractivity contribution in [3.8, 4) is 0 Å². The maximum Gasteiger partial charge on any atom is 0.425 e. The predicted molar refractivity (Wildman–Crippen MR) is 220 cm³/mol. The molecule has 59 heavy (non-hydrogen) atoms. The average molecular weight is 859 g/mol. The van der Waals surface area contributed by atoms with E-state index in [0.29, 0.717) is 10.5 Å². The van der Waals surface area contributed by atoms with Crippen LogP contribution in [-0.4, -0.2) is 100 Å². The van der Waals surface area contributed by atoms with Crippen LogP contribution in [0.15, 0.2) is 41.8 Å². The zero-order chi connectivity index (χ0) is 44.3. The molecule has 2 aromatic heterocycles. The third-order valence-corrected chi connectivity index (χ3v) is 14.4. The van der Waals surface area contributed by atoms with Gasteiger partial charge in [-0.3, -0.25) is 9.36 Å². The van der Waals surface area contributed by atoms with Crippen LogP contribution in [0.4, 0.5) is 15.4 Å². The number of ether oxygens (including phenoxy) is 5. The van der Waals surface area contributed by atoms with Crippen molar-refractivity contribution < 1.29 is 47.3 Å². The molecule has 1 saturated heterocycles. The molecule has 1 aliphatic rings. The molecule has 0 radical (unpaired) electrons. The van der Waals surface area contributed by atoms with Crippen LogP contribution < -0.4 is 4.90 Å². The molecular weight excluding hydrogens is 804 g/mol. The van der Waals surface area contributed by atoms with E-state index >= 15 is 0 Å². The van der Waals surface area contributed by atoms with E-state index in [1.54, 1.807) is 78.8 Å². The number of imide groups is 1. The van der Waals surface area contributed by atoms with Crippen molar-refractivity contribution >= 4 is 60.8 Å². The molecule has 1 unspecified atom stereocenters. The minimum absolute atomic E-state index is 0.000823. The van der Waals surface area contributed by atoms with E-state index in [4.69, 9.17) is 39.7 Å². The van der Waals surface area contributed by atoms with Gasteiger partial charge in [0.05, 0.1) is 31.7 Å². The van der Waals surface area contributed by atoms with Crippen LogP contribution >= 0.6 is 11.6 Å². The molecule has 0 bridgehead atoms. The monoisotopic (exact) mass is 858 g/mol. The Kier molecular flexibility index (Phi) is 14.3. The molecule has 0 saturated carbocycles. The Morgan fingerprint density at radius 3 is 2.08 bits per heavy atom. The number of halogens is 1. The molecule has 3 heterocycles. The van der Waals surface area contributed by atoms with Crippen molar-refractivity contribution in [2.75, 3.05) is 18.1 Å². The lowest BCUT2D eigenvalue weighted by Gasteiger charge is -2.40. The first-order valence-electron chi connectivity index (χ1n) is 19.1. The van der Waals surface area contributed by atoms with Crippen LogP contribution in [0, 0.1) is 0 Å². The van der Waals surface area contributed by atoms with Crippen LogP contribution in [0.1, 0.15) is 88.0 Å². The highest BCUT2D eigenvalue weighted by atomic mass is 35.5. The van der Waals surface area contributed by atoms with Crippen molar-refractivity contribution in [1.82, 2.24) is 19.5 Å². The standard InChI is InChI=1S/C39H55ClN8O10Si/c1-14-53-32(50)39(23(2)49,20-24-18-16-15-17-19-24)54-21-25-26(45-46-41)28(58-59(12,13)38(9,10)11)31(55-25)47-22-42-27-29(47)43-33(40)44-30(27)48(34(51)56-36(3,4)5)35(52)57-37(6,7)8/h15-19,22,25-26,28,31H,14,20-21H2,1-13H3/t25-,26+,28-,31-,39?/m1/s1. The average Bonchev–Trinajstić information content (AvgIpc) is 3.65.